The largest absolute Gasteiger partial charge is 0.494 e. The molecular formula is C26H23N5O2S. The molecule has 3 aromatic carbocycles. The van der Waals surface area contributed by atoms with E-state index in [4.69, 9.17) is 4.74 Å². The van der Waals surface area contributed by atoms with Gasteiger partial charge in [-0.05, 0) is 50.2 Å². The zero-order valence-electron chi connectivity index (χ0n) is 18.8. The molecule has 1 amide bonds. The number of carbonyl (C=O) groups excluding carboxylic acids is 1. The van der Waals surface area contributed by atoms with Gasteiger partial charge in [0, 0.05) is 11.3 Å². The molecule has 0 spiro atoms. The van der Waals surface area contributed by atoms with Crippen LogP contribution in [0.15, 0.2) is 84.0 Å². The molecule has 1 heterocycles. The highest BCUT2D eigenvalue weighted by Gasteiger charge is 2.22. The van der Waals surface area contributed by atoms with Crippen molar-refractivity contribution in [3.8, 4) is 28.9 Å². The van der Waals surface area contributed by atoms with Gasteiger partial charge >= 0.3 is 0 Å². The Morgan fingerprint density at radius 3 is 2.47 bits per heavy atom. The predicted octanol–water partition coefficient (Wildman–Crippen LogP) is 5.32. The molecular weight excluding hydrogens is 446 g/mol. The van der Waals surface area contributed by atoms with Crippen molar-refractivity contribution in [2.45, 2.75) is 24.3 Å². The Morgan fingerprint density at radius 1 is 1.06 bits per heavy atom. The van der Waals surface area contributed by atoms with E-state index >= 15 is 0 Å². The molecule has 0 aliphatic carbocycles. The number of benzene rings is 3. The number of ether oxygens (including phenoxy) is 1. The number of carbonyl (C=O) groups is 1. The number of anilines is 1. The first-order chi connectivity index (χ1) is 16.6. The van der Waals surface area contributed by atoms with Gasteiger partial charge in [0.1, 0.15) is 11.8 Å². The normalized spacial score (nSPS) is 11.4. The maximum absolute atomic E-state index is 12.9. The molecule has 0 fully saturated rings. The van der Waals surface area contributed by atoms with Crippen LogP contribution in [0, 0.1) is 11.3 Å². The molecule has 4 rings (SSSR count). The van der Waals surface area contributed by atoms with Gasteiger partial charge in [-0.3, -0.25) is 9.36 Å². The molecule has 0 radical (unpaired) electrons. The molecule has 170 valence electrons. The second-order valence-corrected chi connectivity index (χ2v) is 8.65. The molecule has 0 bridgehead atoms. The molecule has 1 atom stereocenters. The van der Waals surface area contributed by atoms with Crippen LogP contribution in [0.2, 0.25) is 0 Å². The minimum absolute atomic E-state index is 0.227. The van der Waals surface area contributed by atoms with Crippen molar-refractivity contribution in [1.29, 1.82) is 5.26 Å². The Morgan fingerprint density at radius 2 is 1.76 bits per heavy atom. The van der Waals surface area contributed by atoms with Crippen LogP contribution in [-0.2, 0) is 4.79 Å². The summed E-state index contributed by atoms with van der Waals surface area (Å²) in [6.45, 7) is 4.33. The van der Waals surface area contributed by atoms with Gasteiger partial charge < -0.3 is 10.1 Å². The molecule has 1 unspecified atom stereocenters. The lowest BCUT2D eigenvalue weighted by atomic mass is 10.2. The summed E-state index contributed by atoms with van der Waals surface area (Å²) in [7, 11) is 0. The Balaban J connectivity index is 1.64. The summed E-state index contributed by atoms with van der Waals surface area (Å²) < 4.78 is 7.51. The van der Waals surface area contributed by atoms with Gasteiger partial charge in [0.05, 0.1) is 23.1 Å². The van der Waals surface area contributed by atoms with E-state index in [1.165, 1.54) is 11.8 Å². The number of amides is 1. The van der Waals surface area contributed by atoms with Crippen LogP contribution in [0.1, 0.15) is 19.4 Å². The zero-order valence-corrected chi connectivity index (χ0v) is 19.6. The van der Waals surface area contributed by atoms with E-state index in [9.17, 15) is 10.1 Å². The summed E-state index contributed by atoms with van der Waals surface area (Å²) in [5, 5.41) is 21.1. The minimum atomic E-state index is -0.485. The van der Waals surface area contributed by atoms with Gasteiger partial charge in [-0.1, -0.05) is 54.2 Å². The first-order valence-corrected chi connectivity index (χ1v) is 11.7. The van der Waals surface area contributed by atoms with Gasteiger partial charge in [0.2, 0.25) is 5.91 Å². The maximum Gasteiger partial charge on any atom is 0.237 e. The fraction of sp³-hybridized carbons (Fsp3) is 0.154. The van der Waals surface area contributed by atoms with Crippen LogP contribution in [0.25, 0.3) is 17.1 Å². The number of aromatic nitrogens is 3. The van der Waals surface area contributed by atoms with Crippen LogP contribution in [-0.4, -0.2) is 32.5 Å². The Hall–Kier alpha value is -4.09. The van der Waals surface area contributed by atoms with Crippen LogP contribution in [0.5, 0.6) is 5.75 Å². The first-order valence-electron chi connectivity index (χ1n) is 10.8. The standard InChI is InChI=1S/C26H23N5O2S/c1-3-33-22-15-13-21(14-16-22)31-24(19-9-5-4-6-10-19)29-30-26(31)34-18(2)25(32)28-23-12-8-7-11-20(23)17-27/h4-16,18H,3H2,1-2H3,(H,28,32). The van der Waals surface area contributed by atoms with Gasteiger partial charge in [-0.2, -0.15) is 5.26 Å². The third kappa shape index (κ3) is 5.11. The van der Waals surface area contributed by atoms with E-state index in [1.807, 2.05) is 66.1 Å². The van der Waals surface area contributed by atoms with E-state index in [2.05, 4.69) is 21.6 Å². The van der Waals surface area contributed by atoms with Crippen molar-refractivity contribution >= 4 is 23.4 Å². The molecule has 0 aliphatic heterocycles. The second kappa shape index (κ2) is 10.7. The minimum Gasteiger partial charge on any atom is -0.494 e. The first kappa shape index (κ1) is 23.1. The SMILES string of the molecule is CCOc1ccc(-n2c(SC(C)C(=O)Nc3ccccc3C#N)nnc2-c2ccccc2)cc1. The number of nitrogens with one attached hydrogen (secondary N) is 1. The van der Waals surface area contributed by atoms with Gasteiger partial charge in [-0.15, -0.1) is 10.2 Å². The number of hydrogen-bond donors (Lipinski definition) is 1. The number of nitriles is 1. The summed E-state index contributed by atoms with van der Waals surface area (Å²) in [6, 6.07) is 26.5. The molecule has 0 aliphatic rings. The third-order valence-corrected chi connectivity index (χ3v) is 6.07. The van der Waals surface area contributed by atoms with Gasteiger partial charge in [0.25, 0.3) is 0 Å². The lowest BCUT2D eigenvalue weighted by molar-refractivity contribution is -0.115. The third-order valence-electron chi connectivity index (χ3n) is 5.03. The maximum atomic E-state index is 12.9. The van der Waals surface area contributed by atoms with E-state index in [0.29, 0.717) is 28.8 Å². The monoisotopic (exact) mass is 469 g/mol. The van der Waals surface area contributed by atoms with Crippen molar-refractivity contribution in [2.75, 3.05) is 11.9 Å². The molecule has 7 nitrogen and oxygen atoms in total. The van der Waals surface area contributed by atoms with Crippen molar-refractivity contribution in [1.82, 2.24) is 14.8 Å². The molecule has 34 heavy (non-hydrogen) atoms. The molecule has 8 heteroatoms. The van der Waals surface area contributed by atoms with Crippen molar-refractivity contribution < 1.29 is 9.53 Å². The fourth-order valence-electron chi connectivity index (χ4n) is 3.35. The Bertz CT molecular complexity index is 1310. The molecule has 1 N–H and O–H groups in total. The van der Waals surface area contributed by atoms with E-state index in [0.717, 1.165) is 17.0 Å². The predicted molar refractivity (Wildman–Crippen MR) is 133 cm³/mol. The molecule has 1 aromatic heterocycles. The number of nitrogens with zero attached hydrogens (tertiary/aromatic N) is 4. The van der Waals surface area contributed by atoms with Crippen molar-refractivity contribution in [3.63, 3.8) is 0 Å². The second-order valence-electron chi connectivity index (χ2n) is 7.34. The smallest absolute Gasteiger partial charge is 0.237 e. The molecule has 0 saturated carbocycles. The van der Waals surface area contributed by atoms with Gasteiger partial charge in [0.15, 0.2) is 11.0 Å². The highest BCUT2D eigenvalue weighted by molar-refractivity contribution is 8.00. The quantitative estimate of drug-likeness (QED) is 0.351. The highest BCUT2D eigenvalue weighted by atomic mass is 32.2. The van der Waals surface area contributed by atoms with Crippen LogP contribution in [0.4, 0.5) is 5.69 Å². The lowest BCUT2D eigenvalue weighted by Gasteiger charge is -2.15. The average Bonchev–Trinajstić information content (AvgIpc) is 3.29. The summed E-state index contributed by atoms with van der Waals surface area (Å²) in [4.78, 5) is 12.9. The summed E-state index contributed by atoms with van der Waals surface area (Å²) in [5.74, 6) is 1.23. The summed E-state index contributed by atoms with van der Waals surface area (Å²) in [5.41, 5.74) is 2.67. The zero-order chi connectivity index (χ0) is 23.9. The summed E-state index contributed by atoms with van der Waals surface area (Å²) in [6.07, 6.45) is 0. The van der Waals surface area contributed by atoms with Crippen LogP contribution in [0.3, 0.4) is 0 Å². The number of thioether (sulfide) groups is 1. The number of hydrogen-bond acceptors (Lipinski definition) is 6. The van der Waals surface area contributed by atoms with E-state index < -0.39 is 5.25 Å². The topological polar surface area (TPSA) is 92.8 Å². The van der Waals surface area contributed by atoms with Crippen LogP contribution < -0.4 is 10.1 Å². The summed E-state index contributed by atoms with van der Waals surface area (Å²) >= 11 is 1.30. The Labute approximate surface area is 202 Å². The number of para-hydroxylation sites is 1. The molecule has 0 saturated heterocycles. The fourth-order valence-corrected chi connectivity index (χ4v) is 4.21. The van der Waals surface area contributed by atoms with E-state index in [1.54, 1.807) is 31.2 Å². The van der Waals surface area contributed by atoms with Crippen molar-refractivity contribution in [2.24, 2.45) is 0 Å². The number of rotatable bonds is 8. The Kier molecular flexibility index (Phi) is 7.25. The van der Waals surface area contributed by atoms with Gasteiger partial charge in [-0.25, -0.2) is 0 Å². The van der Waals surface area contributed by atoms with Crippen LogP contribution >= 0.6 is 11.8 Å². The van der Waals surface area contributed by atoms with E-state index in [-0.39, 0.29) is 5.91 Å². The lowest BCUT2D eigenvalue weighted by Crippen LogP contribution is -2.23. The highest BCUT2D eigenvalue weighted by Crippen LogP contribution is 2.31. The molecule has 4 aromatic rings. The van der Waals surface area contributed by atoms with Crippen molar-refractivity contribution in [3.05, 3.63) is 84.4 Å². The average molecular weight is 470 g/mol.